The van der Waals surface area contributed by atoms with Crippen molar-refractivity contribution in [1.82, 2.24) is 24.6 Å². The molecular weight excluding hydrogens is 294 g/mol. The van der Waals surface area contributed by atoms with Crippen LogP contribution < -0.4 is 0 Å². The topological polar surface area (TPSA) is 71.3 Å². The van der Waals surface area contributed by atoms with E-state index in [4.69, 9.17) is 0 Å². The average Bonchev–Trinajstić information content (AvgIpc) is 2.93. The van der Waals surface area contributed by atoms with Crippen molar-refractivity contribution in [3.05, 3.63) is 11.6 Å². The summed E-state index contributed by atoms with van der Waals surface area (Å²) in [5.41, 5.74) is 0. The molecule has 1 aromatic heterocycles. The lowest BCUT2D eigenvalue weighted by atomic mass is 10.1. The number of aryl methyl sites for hydroxylation is 1. The predicted octanol–water partition coefficient (Wildman–Crippen LogP) is 0.441. The van der Waals surface area contributed by atoms with Crippen LogP contribution in [-0.2, 0) is 29.1 Å². The molecule has 2 aliphatic heterocycles. The minimum Gasteiger partial charge on any atom is -0.342 e. The number of aromatic nitrogens is 3. The summed E-state index contributed by atoms with van der Waals surface area (Å²) in [4.78, 5) is 28.3. The van der Waals surface area contributed by atoms with E-state index < -0.39 is 0 Å². The fourth-order valence-electron chi connectivity index (χ4n) is 3.66. The van der Waals surface area contributed by atoms with Crippen LogP contribution in [0.5, 0.6) is 0 Å². The lowest BCUT2D eigenvalue weighted by Gasteiger charge is -2.21. The first kappa shape index (κ1) is 14.7. The number of carbonyl (C=O) groups excluding carboxylic acids is 2. The molecule has 0 aromatic carbocycles. The third kappa shape index (κ3) is 2.84. The van der Waals surface area contributed by atoms with Crippen molar-refractivity contribution < 1.29 is 9.59 Å². The molecule has 23 heavy (non-hydrogen) atoms. The maximum Gasteiger partial charge on any atom is 0.228 e. The lowest BCUT2D eigenvalue weighted by molar-refractivity contribution is -0.135. The molecule has 7 nitrogen and oxygen atoms in total. The van der Waals surface area contributed by atoms with E-state index in [1.54, 1.807) is 11.9 Å². The van der Waals surface area contributed by atoms with Gasteiger partial charge in [-0.05, 0) is 25.2 Å². The second-order valence-corrected chi connectivity index (χ2v) is 7.13. The molecular formula is C16H23N5O2. The minimum atomic E-state index is -0.202. The zero-order valence-corrected chi connectivity index (χ0v) is 13.6. The van der Waals surface area contributed by atoms with E-state index in [9.17, 15) is 9.59 Å². The van der Waals surface area contributed by atoms with Gasteiger partial charge in [-0.1, -0.05) is 0 Å². The van der Waals surface area contributed by atoms with Gasteiger partial charge in [-0.3, -0.25) is 9.59 Å². The van der Waals surface area contributed by atoms with Gasteiger partial charge < -0.3 is 14.4 Å². The Bertz CT molecular complexity index is 636. The first-order chi connectivity index (χ1) is 11.1. The standard InChI is InChI=1S/C16H23N5O2/c1-19(10-14-18-17-13-3-2-6-21(13)14)16(23)12-7-15(22)20(9-12)8-11-4-5-11/h11-12H,2-10H2,1H3/t12-/m0/s1. The highest BCUT2D eigenvalue weighted by atomic mass is 16.2. The zero-order chi connectivity index (χ0) is 16.0. The molecule has 124 valence electrons. The third-order valence-electron chi connectivity index (χ3n) is 5.18. The molecule has 0 N–H and O–H groups in total. The van der Waals surface area contributed by atoms with Gasteiger partial charge in [-0.15, -0.1) is 10.2 Å². The molecule has 0 unspecified atom stereocenters. The molecule has 0 radical (unpaired) electrons. The fraction of sp³-hybridized carbons (Fsp3) is 0.750. The molecule has 3 aliphatic rings. The van der Waals surface area contributed by atoms with Crippen molar-refractivity contribution in [2.75, 3.05) is 20.1 Å². The second-order valence-electron chi connectivity index (χ2n) is 7.13. The monoisotopic (exact) mass is 317 g/mol. The molecule has 3 heterocycles. The summed E-state index contributed by atoms with van der Waals surface area (Å²) in [6, 6.07) is 0. The molecule has 4 rings (SSSR count). The van der Waals surface area contributed by atoms with Crippen LogP contribution in [0.15, 0.2) is 0 Å². The molecule has 2 fully saturated rings. The number of amides is 2. The largest absolute Gasteiger partial charge is 0.342 e. The number of fused-ring (bicyclic) bond motifs is 1. The highest BCUT2D eigenvalue weighted by Gasteiger charge is 2.38. The van der Waals surface area contributed by atoms with Crippen LogP contribution in [-0.4, -0.2) is 56.5 Å². The van der Waals surface area contributed by atoms with E-state index in [0.717, 1.165) is 37.6 Å². The van der Waals surface area contributed by atoms with E-state index >= 15 is 0 Å². The van der Waals surface area contributed by atoms with Crippen LogP contribution in [0.1, 0.15) is 37.3 Å². The number of hydrogen-bond donors (Lipinski definition) is 0. The summed E-state index contributed by atoms with van der Waals surface area (Å²) < 4.78 is 2.11. The van der Waals surface area contributed by atoms with Crippen molar-refractivity contribution in [3.63, 3.8) is 0 Å². The van der Waals surface area contributed by atoms with Gasteiger partial charge >= 0.3 is 0 Å². The van der Waals surface area contributed by atoms with Crippen LogP contribution in [0, 0.1) is 11.8 Å². The van der Waals surface area contributed by atoms with E-state index in [2.05, 4.69) is 14.8 Å². The summed E-state index contributed by atoms with van der Waals surface area (Å²) >= 11 is 0. The molecule has 1 aromatic rings. The molecule has 1 saturated carbocycles. The minimum absolute atomic E-state index is 0.0481. The van der Waals surface area contributed by atoms with Gasteiger partial charge in [0.1, 0.15) is 5.82 Å². The Morgan fingerprint density at radius 3 is 2.96 bits per heavy atom. The molecule has 1 atom stereocenters. The molecule has 7 heteroatoms. The van der Waals surface area contributed by atoms with Crippen LogP contribution in [0.3, 0.4) is 0 Å². The van der Waals surface area contributed by atoms with Crippen molar-refractivity contribution in [1.29, 1.82) is 0 Å². The van der Waals surface area contributed by atoms with Gasteiger partial charge in [-0.25, -0.2) is 0 Å². The highest BCUT2D eigenvalue weighted by molar-refractivity contribution is 5.89. The SMILES string of the molecule is CN(Cc1nnc2n1CCC2)C(=O)[C@H]1CC(=O)N(CC2CC2)C1. The van der Waals surface area contributed by atoms with Crippen LogP contribution in [0.2, 0.25) is 0 Å². The lowest BCUT2D eigenvalue weighted by Crippen LogP contribution is -2.35. The fourth-order valence-corrected chi connectivity index (χ4v) is 3.66. The maximum absolute atomic E-state index is 12.7. The Hall–Kier alpha value is -1.92. The van der Waals surface area contributed by atoms with Crippen LogP contribution in [0.25, 0.3) is 0 Å². The van der Waals surface area contributed by atoms with Crippen molar-refractivity contribution in [3.8, 4) is 0 Å². The normalized spacial score (nSPS) is 23.4. The predicted molar refractivity (Wildman–Crippen MR) is 82.2 cm³/mol. The first-order valence-electron chi connectivity index (χ1n) is 8.55. The van der Waals surface area contributed by atoms with Gasteiger partial charge in [0.15, 0.2) is 5.82 Å². The van der Waals surface area contributed by atoms with E-state index in [-0.39, 0.29) is 17.7 Å². The van der Waals surface area contributed by atoms with Gasteiger partial charge in [0.25, 0.3) is 0 Å². The average molecular weight is 317 g/mol. The Labute approximate surface area is 135 Å². The second kappa shape index (κ2) is 5.62. The van der Waals surface area contributed by atoms with Crippen LogP contribution in [0.4, 0.5) is 0 Å². The molecule has 1 aliphatic carbocycles. The number of nitrogens with zero attached hydrogens (tertiary/aromatic N) is 5. The molecule has 0 bridgehead atoms. The van der Waals surface area contributed by atoms with Gasteiger partial charge in [0.05, 0.1) is 12.5 Å². The first-order valence-corrected chi connectivity index (χ1v) is 8.55. The summed E-state index contributed by atoms with van der Waals surface area (Å²) in [6.45, 7) is 2.83. The Morgan fingerprint density at radius 2 is 2.17 bits per heavy atom. The Balaban J connectivity index is 1.37. The van der Waals surface area contributed by atoms with E-state index in [1.165, 1.54) is 12.8 Å². The maximum atomic E-state index is 12.7. The summed E-state index contributed by atoms with van der Waals surface area (Å²) in [5, 5.41) is 8.39. The number of rotatable bonds is 5. The van der Waals surface area contributed by atoms with Gasteiger partial charge in [0, 0.05) is 39.5 Å². The van der Waals surface area contributed by atoms with Crippen LogP contribution >= 0.6 is 0 Å². The van der Waals surface area contributed by atoms with E-state index in [1.807, 2.05) is 4.90 Å². The number of hydrogen-bond acceptors (Lipinski definition) is 4. The molecule has 0 spiro atoms. The van der Waals surface area contributed by atoms with Gasteiger partial charge in [0.2, 0.25) is 11.8 Å². The number of likely N-dealkylation sites (tertiary alicyclic amines) is 1. The summed E-state index contributed by atoms with van der Waals surface area (Å²) in [7, 11) is 1.80. The van der Waals surface area contributed by atoms with Crippen molar-refractivity contribution >= 4 is 11.8 Å². The molecule has 1 saturated heterocycles. The van der Waals surface area contributed by atoms with Gasteiger partial charge in [-0.2, -0.15) is 0 Å². The smallest absolute Gasteiger partial charge is 0.228 e. The zero-order valence-electron chi connectivity index (χ0n) is 13.6. The number of carbonyl (C=O) groups is 2. The summed E-state index contributed by atoms with van der Waals surface area (Å²) in [5.74, 6) is 2.52. The molecule has 2 amide bonds. The highest BCUT2D eigenvalue weighted by Crippen LogP contribution is 2.32. The van der Waals surface area contributed by atoms with E-state index in [0.29, 0.717) is 25.4 Å². The Kier molecular flexibility index (Phi) is 3.58. The Morgan fingerprint density at radius 1 is 1.35 bits per heavy atom. The third-order valence-corrected chi connectivity index (χ3v) is 5.18. The summed E-state index contributed by atoms with van der Waals surface area (Å²) in [6.07, 6.45) is 4.87. The van der Waals surface area contributed by atoms with Crippen molar-refractivity contribution in [2.24, 2.45) is 11.8 Å². The van der Waals surface area contributed by atoms with Crippen molar-refractivity contribution in [2.45, 2.75) is 45.2 Å². The quantitative estimate of drug-likeness (QED) is 0.790.